The van der Waals surface area contributed by atoms with Crippen molar-refractivity contribution in [2.45, 2.75) is 32.2 Å². The summed E-state index contributed by atoms with van der Waals surface area (Å²) < 4.78 is 0. The molecule has 2 aromatic carbocycles. The first-order chi connectivity index (χ1) is 15.6. The molecule has 0 radical (unpaired) electrons. The molecule has 1 saturated heterocycles. The van der Waals surface area contributed by atoms with Gasteiger partial charge in [-0.1, -0.05) is 42.8 Å². The summed E-state index contributed by atoms with van der Waals surface area (Å²) >= 11 is 0. The Balaban J connectivity index is 1.43. The Morgan fingerprint density at radius 3 is 2.78 bits per heavy atom. The van der Waals surface area contributed by atoms with Gasteiger partial charge in [0, 0.05) is 17.8 Å². The van der Waals surface area contributed by atoms with E-state index >= 15 is 0 Å². The van der Waals surface area contributed by atoms with Crippen molar-refractivity contribution in [2.24, 2.45) is 0 Å². The van der Waals surface area contributed by atoms with Crippen molar-refractivity contribution in [1.29, 1.82) is 0 Å². The first kappa shape index (κ1) is 21.8. The number of likely N-dealkylation sites (tertiary alicyclic amines) is 1. The quantitative estimate of drug-likeness (QED) is 0.528. The normalized spacial score (nSPS) is 16.5. The van der Waals surface area contributed by atoms with E-state index in [9.17, 15) is 9.59 Å². The average Bonchev–Trinajstić information content (AvgIpc) is 3.30. The highest BCUT2D eigenvalue weighted by Crippen LogP contribution is 2.30. The molecule has 2 amide bonds. The molecule has 3 N–H and O–H groups in total. The highest BCUT2D eigenvalue weighted by molar-refractivity contribution is 5.97. The Morgan fingerprint density at radius 1 is 1.12 bits per heavy atom. The predicted octanol–water partition coefficient (Wildman–Crippen LogP) is 3.99. The molecule has 0 spiro atoms. The molecular weight excluding hydrogens is 402 g/mol. The number of rotatable bonds is 7. The van der Waals surface area contributed by atoms with Crippen molar-refractivity contribution in [3.8, 4) is 11.3 Å². The van der Waals surface area contributed by atoms with Crippen molar-refractivity contribution in [3.05, 3.63) is 72.2 Å². The number of anilines is 1. The van der Waals surface area contributed by atoms with Crippen LogP contribution in [0.2, 0.25) is 0 Å². The fourth-order valence-corrected chi connectivity index (χ4v) is 4.15. The van der Waals surface area contributed by atoms with Gasteiger partial charge < -0.3 is 15.6 Å². The lowest BCUT2D eigenvalue weighted by Crippen LogP contribution is -2.39. The van der Waals surface area contributed by atoms with E-state index in [4.69, 9.17) is 0 Å². The molecule has 1 aromatic heterocycles. The fraction of sp³-hybridized carbons (Fsp3) is 0.320. The number of piperidine rings is 1. The van der Waals surface area contributed by atoms with Crippen LogP contribution in [0.15, 0.2) is 60.8 Å². The lowest BCUT2D eigenvalue weighted by atomic mass is 10.0. The lowest BCUT2D eigenvalue weighted by Gasteiger charge is -2.33. The van der Waals surface area contributed by atoms with Gasteiger partial charge in [0.25, 0.3) is 5.91 Å². The molecule has 2 heterocycles. The summed E-state index contributed by atoms with van der Waals surface area (Å²) in [7, 11) is 0. The number of nitrogens with one attached hydrogen (secondary N) is 3. The number of carbonyl (C=O) groups is 2. The van der Waals surface area contributed by atoms with Gasteiger partial charge in [-0.15, -0.1) is 0 Å². The first-order valence-electron chi connectivity index (χ1n) is 11.2. The average molecular weight is 432 g/mol. The molecule has 4 rings (SSSR count). The third-order valence-corrected chi connectivity index (χ3v) is 5.70. The number of aromatic nitrogens is 2. The van der Waals surface area contributed by atoms with Crippen LogP contribution in [-0.2, 0) is 4.79 Å². The number of amides is 2. The number of carbonyl (C=O) groups excluding carboxylic acids is 2. The van der Waals surface area contributed by atoms with Crippen LogP contribution in [0.4, 0.5) is 5.69 Å². The molecule has 1 aliphatic rings. The van der Waals surface area contributed by atoms with E-state index in [0.29, 0.717) is 17.8 Å². The van der Waals surface area contributed by atoms with Gasteiger partial charge in [0.15, 0.2) is 0 Å². The number of aromatic amines is 1. The predicted molar refractivity (Wildman–Crippen MR) is 125 cm³/mol. The minimum Gasteiger partial charge on any atom is -0.352 e. The Labute approximate surface area is 188 Å². The van der Waals surface area contributed by atoms with Crippen LogP contribution in [-0.4, -0.2) is 46.3 Å². The van der Waals surface area contributed by atoms with E-state index in [2.05, 4.69) is 37.6 Å². The molecule has 1 fully saturated rings. The van der Waals surface area contributed by atoms with Gasteiger partial charge in [-0.2, -0.15) is 0 Å². The molecule has 7 heteroatoms. The number of benzene rings is 2. The monoisotopic (exact) mass is 431 g/mol. The Morgan fingerprint density at radius 2 is 1.97 bits per heavy atom. The minimum absolute atomic E-state index is 0.0774. The summed E-state index contributed by atoms with van der Waals surface area (Å²) in [6, 6.07) is 17.2. The molecule has 32 heavy (non-hydrogen) atoms. The molecule has 0 unspecified atom stereocenters. The van der Waals surface area contributed by atoms with Gasteiger partial charge in [0.05, 0.1) is 24.5 Å². The second-order valence-corrected chi connectivity index (χ2v) is 8.02. The molecular formula is C25H29N5O2. The summed E-state index contributed by atoms with van der Waals surface area (Å²) in [5.74, 6) is 0.654. The van der Waals surface area contributed by atoms with E-state index in [1.54, 1.807) is 24.3 Å². The van der Waals surface area contributed by atoms with E-state index in [0.717, 1.165) is 42.9 Å². The van der Waals surface area contributed by atoms with Gasteiger partial charge in [0.2, 0.25) is 5.91 Å². The second kappa shape index (κ2) is 10.2. The van der Waals surface area contributed by atoms with Crippen molar-refractivity contribution in [3.63, 3.8) is 0 Å². The number of hydrogen-bond donors (Lipinski definition) is 3. The van der Waals surface area contributed by atoms with Crippen LogP contribution in [0.1, 0.15) is 48.4 Å². The van der Waals surface area contributed by atoms with Crippen LogP contribution >= 0.6 is 0 Å². The molecule has 7 nitrogen and oxygen atoms in total. The maximum Gasteiger partial charge on any atom is 0.251 e. The van der Waals surface area contributed by atoms with Crippen molar-refractivity contribution < 1.29 is 9.59 Å². The molecule has 1 atom stereocenters. The number of H-pyrrole nitrogens is 1. The Hall–Kier alpha value is -3.45. The van der Waals surface area contributed by atoms with Gasteiger partial charge in [-0.3, -0.25) is 14.5 Å². The molecule has 3 aromatic rings. The summed E-state index contributed by atoms with van der Waals surface area (Å²) in [4.78, 5) is 35.1. The third kappa shape index (κ3) is 5.23. The molecule has 0 saturated carbocycles. The van der Waals surface area contributed by atoms with E-state index in [1.807, 2.05) is 31.3 Å². The maximum atomic E-state index is 12.8. The van der Waals surface area contributed by atoms with Crippen LogP contribution in [0.5, 0.6) is 0 Å². The summed E-state index contributed by atoms with van der Waals surface area (Å²) in [6.07, 6.45) is 4.99. The SMILES string of the molecule is CCNC(=O)c1cccc(NC(=O)CN2CCCC[C@H]2c2ncc(-c3ccccc3)[nH]2)c1. The van der Waals surface area contributed by atoms with Crippen molar-refractivity contribution in [2.75, 3.05) is 25.0 Å². The zero-order valence-electron chi connectivity index (χ0n) is 18.3. The van der Waals surface area contributed by atoms with Crippen molar-refractivity contribution in [1.82, 2.24) is 20.2 Å². The smallest absolute Gasteiger partial charge is 0.251 e. The summed E-state index contributed by atoms with van der Waals surface area (Å²) in [5.41, 5.74) is 3.23. The maximum absolute atomic E-state index is 12.8. The Kier molecular flexibility index (Phi) is 6.97. The first-order valence-corrected chi connectivity index (χ1v) is 11.2. The van der Waals surface area contributed by atoms with E-state index < -0.39 is 0 Å². The van der Waals surface area contributed by atoms with Gasteiger partial charge in [-0.25, -0.2) is 4.98 Å². The highest BCUT2D eigenvalue weighted by atomic mass is 16.2. The fourth-order valence-electron chi connectivity index (χ4n) is 4.15. The Bertz CT molecular complexity index is 1060. The second-order valence-electron chi connectivity index (χ2n) is 8.02. The standard InChI is InChI=1S/C25H29N5O2/c1-2-26-25(32)19-11-8-12-20(15-19)28-23(31)17-30-14-7-6-13-22(30)24-27-16-21(29-24)18-9-4-3-5-10-18/h3-5,8-12,15-16,22H,2,6-7,13-14,17H2,1H3,(H,26,32)(H,27,29)(H,28,31)/t22-/m0/s1. The molecule has 166 valence electrons. The van der Waals surface area contributed by atoms with Gasteiger partial charge in [-0.05, 0) is 50.1 Å². The topological polar surface area (TPSA) is 90.1 Å². The van der Waals surface area contributed by atoms with E-state index in [-0.39, 0.29) is 24.4 Å². The summed E-state index contributed by atoms with van der Waals surface area (Å²) in [6.45, 7) is 3.56. The van der Waals surface area contributed by atoms with Crippen LogP contribution < -0.4 is 10.6 Å². The molecule has 0 aliphatic carbocycles. The van der Waals surface area contributed by atoms with Gasteiger partial charge >= 0.3 is 0 Å². The van der Waals surface area contributed by atoms with E-state index in [1.165, 1.54) is 0 Å². The number of hydrogen-bond acceptors (Lipinski definition) is 4. The third-order valence-electron chi connectivity index (χ3n) is 5.70. The van der Waals surface area contributed by atoms with Crippen LogP contribution in [0, 0.1) is 0 Å². The van der Waals surface area contributed by atoms with Crippen molar-refractivity contribution >= 4 is 17.5 Å². The lowest BCUT2D eigenvalue weighted by molar-refractivity contribution is -0.118. The molecule has 0 bridgehead atoms. The number of imidazole rings is 1. The van der Waals surface area contributed by atoms with Gasteiger partial charge in [0.1, 0.15) is 5.82 Å². The summed E-state index contributed by atoms with van der Waals surface area (Å²) in [5, 5.41) is 5.71. The van der Waals surface area contributed by atoms with Crippen LogP contribution in [0.25, 0.3) is 11.3 Å². The van der Waals surface area contributed by atoms with Crippen LogP contribution in [0.3, 0.4) is 0 Å². The minimum atomic E-state index is -0.147. The largest absolute Gasteiger partial charge is 0.352 e. The zero-order valence-corrected chi connectivity index (χ0v) is 18.3. The zero-order chi connectivity index (χ0) is 22.3. The molecule has 1 aliphatic heterocycles. The highest BCUT2D eigenvalue weighted by Gasteiger charge is 2.28. The number of nitrogens with zero attached hydrogens (tertiary/aromatic N) is 2.